The van der Waals surface area contributed by atoms with Crippen LogP contribution >= 0.6 is 34.5 Å². The number of thiophene rings is 1. The summed E-state index contributed by atoms with van der Waals surface area (Å²) >= 11 is 12.5. The molecule has 1 aliphatic carbocycles. The topological polar surface area (TPSA) is 83.5 Å². The molecule has 20 heavy (non-hydrogen) atoms. The molecule has 9 heteroatoms. The fourth-order valence-electron chi connectivity index (χ4n) is 2.34. The van der Waals surface area contributed by atoms with Gasteiger partial charge in [0.25, 0.3) is 0 Å². The second-order valence-corrected chi connectivity index (χ2v) is 8.61. The summed E-state index contributed by atoms with van der Waals surface area (Å²) in [6, 6.07) is 0.663. The number of carboxylic acid groups (broad SMARTS) is 1. The third-order valence-corrected chi connectivity index (χ3v) is 6.55. The Labute approximate surface area is 130 Å². The fourth-order valence-corrected chi connectivity index (χ4v) is 5.80. The van der Waals surface area contributed by atoms with Crippen molar-refractivity contribution in [1.29, 1.82) is 0 Å². The summed E-state index contributed by atoms with van der Waals surface area (Å²) in [6.45, 7) is 0. The van der Waals surface area contributed by atoms with Gasteiger partial charge < -0.3 is 5.11 Å². The average molecular weight is 358 g/mol. The van der Waals surface area contributed by atoms with Crippen molar-refractivity contribution >= 4 is 50.5 Å². The van der Waals surface area contributed by atoms with Crippen LogP contribution in [0.5, 0.6) is 0 Å². The summed E-state index contributed by atoms with van der Waals surface area (Å²) in [4.78, 5) is 11.1. The van der Waals surface area contributed by atoms with Gasteiger partial charge in [-0.2, -0.15) is 0 Å². The zero-order chi connectivity index (χ0) is 14.9. The molecule has 2 atom stereocenters. The molecule has 112 valence electrons. The summed E-state index contributed by atoms with van der Waals surface area (Å²) in [5.74, 6) is -1.68. The first-order chi connectivity index (χ1) is 9.31. The first-order valence-electron chi connectivity index (χ1n) is 6.01. The number of aliphatic carboxylic acids is 1. The van der Waals surface area contributed by atoms with Crippen molar-refractivity contribution in [3.63, 3.8) is 0 Å². The molecule has 1 aliphatic rings. The van der Waals surface area contributed by atoms with E-state index in [1.165, 1.54) is 6.07 Å². The van der Waals surface area contributed by atoms with Crippen molar-refractivity contribution in [1.82, 2.24) is 4.72 Å². The van der Waals surface area contributed by atoms with Gasteiger partial charge in [-0.3, -0.25) is 4.79 Å². The van der Waals surface area contributed by atoms with Crippen LogP contribution in [0.3, 0.4) is 0 Å². The molecule has 1 saturated carbocycles. The Bertz CT molecular complexity index is 614. The van der Waals surface area contributed by atoms with Gasteiger partial charge in [-0.25, -0.2) is 13.1 Å². The summed E-state index contributed by atoms with van der Waals surface area (Å²) in [7, 11) is -3.86. The van der Waals surface area contributed by atoms with E-state index in [1.807, 2.05) is 0 Å². The van der Waals surface area contributed by atoms with Crippen LogP contribution in [0.15, 0.2) is 11.0 Å². The zero-order valence-corrected chi connectivity index (χ0v) is 13.4. The number of carbonyl (C=O) groups is 1. The number of hydrogen-bond acceptors (Lipinski definition) is 4. The highest BCUT2D eigenvalue weighted by atomic mass is 35.5. The van der Waals surface area contributed by atoms with E-state index in [-0.39, 0.29) is 13.6 Å². The van der Waals surface area contributed by atoms with E-state index >= 15 is 0 Å². The van der Waals surface area contributed by atoms with Crippen molar-refractivity contribution in [3.8, 4) is 0 Å². The molecule has 0 saturated heterocycles. The summed E-state index contributed by atoms with van der Waals surface area (Å²) in [5.41, 5.74) is 0. The highest BCUT2D eigenvalue weighted by Crippen LogP contribution is 2.35. The molecule has 2 rings (SSSR count). The highest BCUT2D eigenvalue weighted by Gasteiger charge is 2.34. The fraction of sp³-hybridized carbons (Fsp3) is 0.545. The number of nitrogens with one attached hydrogen (secondary N) is 1. The van der Waals surface area contributed by atoms with Gasteiger partial charge in [-0.1, -0.05) is 36.0 Å². The molecular weight excluding hydrogens is 345 g/mol. The number of rotatable bonds is 4. The van der Waals surface area contributed by atoms with Crippen molar-refractivity contribution < 1.29 is 18.3 Å². The maximum absolute atomic E-state index is 12.3. The Morgan fingerprint density at radius 3 is 2.55 bits per heavy atom. The highest BCUT2D eigenvalue weighted by molar-refractivity contribution is 7.89. The molecule has 1 fully saturated rings. The smallest absolute Gasteiger partial charge is 0.308 e. The van der Waals surface area contributed by atoms with E-state index in [1.54, 1.807) is 0 Å². The van der Waals surface area contributed by atoms with Gasteiger partial charge in [0.2, 0.25) is 10.0 Å². The van der Waals surface area contributed by atoms with Crippen LogP contribution in [-0.4, -0.2) is 25.5 Å². The van der Waals surface area contributed by atoms with Crippen LogP contribution in [0.1, 0.15) is 25.7 Å². The molecule has 0 aromatic carbocycles. The predicted molar refractivity (Wildman–Crippen MR) is 78.0 cm³/mol. The van der Waals surface area contributed by atoms with Gasteiger partial charge in [-0.15, -0.1) is 11.3 Å². The van der Waals surface area contributed by atoms with E-state index in [9.17, 15) is 13.2 Å². The minimum Gasteiger partial charge on any atom is -0.481 e. The van der Waals surface area contributed by atoms with Crippen molar-refractivity contribution in [3.05, 3.63) is 14.7 Å². The van der Waals surface area contributed by atoms with Crippen LogP contribution < -0.4 is 4.72 Å². The normalized spacial score (nSPS) is 23.7. The monoisotopic (exact) mass is 357 g/mol. The van der Waals surface area contributed by atoms with E-state index in [2.05, 4.69) is 4.72 Å². The van der Waals surface area contributed by atoms with E-state index in [0.717, 1.165) is 24.2 Å². The molecule has 0 spiro atoms. The maximum Gasteiger partial charge on any atom is 0.308 e. The molecule has 2 N–H and O–H groups in total. The summed E-state index contributed by atoms with van der Waals surface area (Å²) < 4.78 is 27.3. The van der Waals surface area contributed by atoms with E-state index < -0.39 is 28.0 Å². The Morgan fingerprint density at radius 1 is 1.35 bits per heavy atom. The molecule has 0 radical (unpaired) electrons. The quantitative estimate of drug-likeness (QED) is 0.867. The lowest BCUT2D eigenvalue weighted by Gasteiger charge is -2.28. The van der Waals surface area contributed by atoms with Crippen molar-refractivity contribution in [2.24, 2.45) is 5.92 Å². The lowest BCUT2D eigenvalue weighted by molar-refractivity contribution is -0.143. The molecule has 0 bridgehead atoms. The number of sulfonamides is 1. The predicted octanol–water partition coefficient (Wildman–Crippen LogP) is 2.98. The van der Waals surface area contributed by atoms with Crippen molar-refractivity contribution in [2.45, 2.75) is 36.6 Å². The van der Waals surface area contributed by atoms with Gasteiger partial charge in [0.15, 0.2) is 0 Å². The zero-order valence-electron chi connectivity index (χ0n) is 10.3. The van der Waals surface area contributed by atoms with Gasteiger partial charge in [0.05, 0.1) is 10.3 Å². The van der Waals surface area contributed by atoms with Gasteiger partial charge in [0.1, 0.15) is 9.23 Å². The molecule has 1 aromatic rings. The molecule has 0 aliphatic heterocycles. The molecule has 1 heterocycles. The number of halogens is 2. The van der Waals surface area contributed by atoms with Crippen molar-refractivity contribution in [2.75, 3.05) is 0 Å². The Hall–Kier alpha value is -0.340. The second-order valence-electron chi connectivity index (χ2n) is 4.65. The largest absolute Gasteiger partial charge is 0.481 e. The minimum absolute atomic E-state index is 0.0742. The minimum atomic E-state index is -3.86. The first kappa shape index (κ1) is 16.0. The van der Waals surface area contributed by atoms with Crippen LogP contribution in [0.2, 0.25) is 8.67 Å². The van der Waals surface area contributed by atoms with Crippen LogP contribution in [0.25, 0.3) is 0 Å². The van der Waals surface area contributed by atoms with Gasteiger partial charge in [-0.05, 0) is 18.9 Å². The standard InChI is InChI=1S/C11H13Cl2NO4S2/c12-9-5-8(10(13)19-9)20(17,18)14-7-4-2-1-3-6(7)11(15)16/h5-7,14H,1-4H2,(H,15,16). The average Bonchev–Trinajstić information content (AvgIpc) is 2.69. The Morgan fingerprint density at radius 2 is 2.00 bits per heavy atom. The molecular formula is C11H13Cl2NO4S2. The van der Waals surface area contributed by atoms with Gasteiger partial charge in [0, 0.05) is 6.04 Å². The first-order valence-corrected chi connectivity index (χ1v) is 9.07. The van der Waals surface area contributed by atoms with Gasteiger partial charge >= 0.3 is 5.97 Å². The molecule has 5 nitrogen and oxygen atoms in total. The maximum atomic E-state index is 12.3. The second kappa shape index (κ2) is 6.19. The lowest BCUT2D eigenvalue weighted by Crippen LogP contribution is -2.44. The number of carboxylic acids is 1. The third-order valence-electron chi connectivity index (χ3n) is 3.30. The summed E-state index contributed by atoms with van der Waals surface area (Å²) in [6.07, 6.45) is 2.57. The van der Waals surface area contributed by atoms with Crippen LogP contribution in [-0.2, 0) is 14.8 Å². The Kier molecular flexibility index (Phi) is 4.96. The molecule has 2 unspecified atom stereocenters. The molecule has 0 amide bonds. The Balaban J connectivity index is 2.23. The lowest BCUT2D eigenvalue weighted by atomic mass is 9.85. The van der Waals surface area contributed by atoms with E-state index in [0.29, 0.717) is 12.8 Å². The SMILES string of the molecule is O=C(O)C1CCCCC1NS(=O)(=O)c1cc(Cl)sc1Cl. The third kappa shape index (κ3) is 3.46. The number of hydrogen-bond donors (Lipinski definition) is 2. The van der Waals surface area contributed by atoms with Crippen LogP contribution in [0, 0.1) is 5.92 Å². The summed E-state index contributed by atoms with van der Waals surface area (Å²) in [5, 5.41) is 9.15. The van der Waals surface area contributed by atoms with Crippen LogP contribution in [0.4, 0.5) is 0 Å². The van der Waals surface area contributed by atoms with E-state index in [4.69, 9.17) is 28.3 Å². The molecule has 1 aromatic heterocycles.